The van der Waals surface area contributed by atoms with E-state index in [1.54, 1.807) is 18.6 Å². The van der Waals surface area contributed by atoms with Gasteiger partial charge in [0.2, 0.25) is 0 Å². The fourth-order valence-electron chi connectivity index (χ4n) is 1.79. The maximum absolute atomic E-state index is 10.6. The van der Waals surface area contributed by atoms with Crippen LogP contribution in [0.3, 0.4) is 0 Å². The van der Waals surface area contributed by atoms with Crippen LogP contribution in [-0.2, 0) is 4.79 Å². The van der Waals surface area contributed by atoms with E-state index in [1.807, 2.05) is 43.3 Å². The van der Waals surface area contributed by atoms with Gasteiger partial charge in [0.1, 0.15) is 6.29 Å². The Labute approximate surface area is 112 Å². The predicted octanol–water partition coefficient (Wildman–Crippen LogP) is 2.25. The van der Waals surface area contributed by atoms with Crippen molar-refractivity contribution in [1.82, 2.24) is 14.9 Å². The van der Waals surface area contributed by atoms with E-state index in [-0.39, 0.29) is 0 Å². The largest absolute Gasteiger partial charge is 0.376 e. The molecule has 0 saturated carbocycles. The molecule has 0 amide bonds. The lowest BCUT2D eigenvalue weighted by Gasteiger charge is -2.16. The van der Waals surface area contributed by atoms with E-state index in [0.717, 1.165) is 28.8 Å². The molecule has 0 bridgehead atoms. The van der Waals surface area contributed by atoms with E-state index in [1.165, 1.54) is 6.08 Å². The smallest absolute Gasteiger partial charge is 0.144 e. The first-order valence-electron chi connectivity index (χ1n) is 5.92. The molecule has 0 fully saturated rings. The number of hydrogen-bond donors (Lipinski definition) is 0. The van der Waals surface area contributed by atoms with E-state index in [2.05, 4.69) is 9.97 Å². The summed E-state index contributed by atoms with van der Waals surface area (Å²) in [5, 5.41) is 0. The molecule has 4 heteroatoms. The Hall–Kier alpha value is -2.49. The van der Waals surface area contributed by atoms with Gasteiger partial charge in [-0.25, -0.2) is 0 Å². The van der Waals surface area contributed by atoms with Crippen molar-refractivity contribution in [3.8, 4) is 11.1 Å². The first kappa shape index (κ1) is 13.0. The highest BCUT2D eigenvalue weighted by molar-refractivity contribution is 5.79. The zero-order chi connectivity index (χ0) is 13.7. The third kappa shape index (κ3) is 3.04. The van der Waals surface area contributed by atoms with Gasteiger partial charge in [0.15, 0.2) is 0 Å². The van der Waals surface area contributed by atoms with Crippen molar-refractivity contribution in [1.29, 1.82) is 0 Å². The van der Waals surface area contributed by atoms with Gasteiger partial charge in [-0.05, 0) is 23.8 Å². The van der Waals surface area contributed by atoms with Crippen molar-refractivity contribution in [2.24, 2.45) is 0 Å². The molecule has 0 aliphatic heterocycles. The summed E-state index contributed by atoms with van der Waals surface area (Å²) >= 11 is 0. The van der Waals surface area contributed by atoms with E-state index in [4.69, 9.17) is 0 Å². The molecule has 0 aliphatic rings. The SMILES string of the molecule is CN(C)C(=CC=O)c1ccc(-c2ccncc2)cn1. The number of nitrogens with zero attached hydrogens (tertiary/aromatic N) is 3. The predicted molar refractivity (Wildman–Crippen MR) is 75.2 cm³/mol. The van der Waals surface area contributed by atoms with Gasteiger partial charge in [0.25, 0.3) is 0 Å². The molecule has 19 heavy (non-hydrogen) atoms. The van der Waals surface area contributed by atoms with Gasteiger partial charge in [-0.1, -0.05) is 6.07 Å². The fourth-order valence-corrected chi connectivity index (χ4v) is 1.79. The monoisotopic (exact) mass is 253 g/mol. The third-order valence-electron chi connectivity index (χ3n) is 2.75. The molecule has 2 aromatic rings. The number of carbonyl (C=O) groups excluding carboxylic acids is 1. The van der Waals surface area contributed by atoms with E-state index >= 15 is 0 Å². The first-order valence-corrected chi connectivity index (χ1v) is 5.92. The molecular formula is C15H15N3O. The second-order valence-electron chi connectivity index (χ2n) is 4.25. The molecule has 96 valence electrons. The van der Waals surface area contributed by atoms with Crippen molar-refractivity contribution in [2.45, 2.75) is 0 Å². The molecule has 0 aromatic carbocycles. The minimum absolute atomic E-state index is 0.772. The maximum atomic E-state index is 10.6. The van der Waals surface area contributed by atoms with Crippen molar-refractivity contribution in [2.75, 3.05) is 14.1 Å². The Morgan fingerprint density at radius 2 is 1.84 bits per heavy atom. The summed E-state index contributed by atoms with van der Waals surface area (Å²) in [6, 6.07) is 7.76. The summed E-state index contributed by atoms with van der Waals surface area (Å²) in [7, 11) is 3.77. The maximum Gasteiger partial charge on any atom is 0.144 e. The van der Waals surface area contributed by atoms with Crippen LogP contribution in [0.1, 0.15) is 5.69 Å². The second kappa shape index (κ2) is 5.91. The van der Waals surface area contributed by atoms with Crippen LogP contribution in [0.4, 0.5) is 0 Å². The van der Waals surface area contributed by atoms with Crippen LogP contribution in [0.2, 0.25) is 0 Å². The Morgan fingerprint density at radius 1 is 1.11 bits per heavy atom. The van der Waals surface area contributed by atoms with Crippen LogP contribution in [0, 0.1) is 0 Å². The highest BCUT2D eigenvalue weighted by atomic mass is 16.1. The number of rotatable bonds is 4. The number of aldehydes is 1. The van der Waals surface area contributed by atoms with Gasteiger partial charge >= 0.3 is 0 Å². The minimum atomic E-state index is 0.772. The molecule has 0 aliphatic carbocycles. The van der Waals surface area contributed by atoms with E-state index in [9.17, 15) is 4.79 Å². The highest BCUT2D eigenvalue weighted by Crippen LogP contribution is 2.20. The van der Waals surface area contributed by atoms with Crippen molar-refractivity contribution >= 4 is 12.0 Å². The summed E-state index contributed by atoms with van der Waals surface area (Å²) in [6.45, 7) is 0. The topological polar surface area (TPSA) is 46.1 Å². The zero-order valence-electron chi connectivity index (χ0n) is 10.9. The summed E-state index contributed by atoms with van der Waals surface area (Å²) in [6.07, 6.45) is 7.58. The first-order chi connectivity index (χ1) is 9.22. The lowest BCUT2D eigenvalue weighted by molar-refractivity contribution is -0.104. The van der Waals surface area contributed by atoms with Crippen molar-refractivity contribution < 1.29 is 4.79 Å². The standard InChI is InChI=1S/C15H15N3O/c1-18(2)15(7-10-19)14-4-3-13(11-17-14)12-5-8-16-9-6-12/h3-11H,1-2H3. The normalized spacial score (nSPS) is 11.2. The summed E-state index contributed by atoms with van der Waals surface area (Å²) in [4.78, 5) is 20.9. The van der Waals surface area contributed by atoms with E-state index < -0.39 is 0 Å². The number of allylic oxidation sites excluding steroid dienone is 1. The Balaban J connectivity index is 2.33. The Bertz CT molecular complexity index is 574. The quantitative estimate of drug-likeness (QED) is 0.619. The van der Waals surface area contributed by atoms with Crippen LogP contribution >= 0.6 is 0 Å². The van der Waals surface area contributed by atoms with Crippen LogP contribution in [0.5, 0.6) is 0 Å². The molecule has 2 heterocycles. The number of pyridine rings is 2. The van der Waals surface area contributed by atoms with Crippen molar-refractivity contribution in [3.63, 3.8) is 0 Å². The molecule has 0 saturated heterocycles. The molecule has 0 atom stereocenters. The molecule has 2 rings (SSSR count). The second-order valence-corrected chi connectivity index (χ2v) is 4.25. The minimum Gasteiger partial charge on any atom is -0.376 e. The Morgan fingerprint density at radius 3 is 2.37 bits per heavy atom. The number of carbonyl (C=O) groups is 1. The lowest BCUT2D eigenvalue weighted by atomic mass is 10.1. The van der Waals surface area contributed by atoms with Gasteiger partial charge in [-0.2, -0.15) is 0 Å². The summed E-state index contributed by atoms with van der Waals surface area (Å²) in [5.41, 5.74) is 3.65. The third-order valence-corrected chi connectivity index (χ3v) is 2.75. The highest BCUT2D eigenvalue weighted by Gasteiger charge is 2.05. The zero-order valence-corrected chi connectivity index (χ0v) is 10.9. The van der Waals surface area contributed by atoms with Crippen LogP contribution in [0.15, 0.2) is 48.9 Å². The molecule has 0 unspecified atom stereocenters. The van der Waals surface area contributed by atoms with Gasteiger partial charge in [0.05, 0.1) is 11.4 Å². The average molecular weight is 253 g/mol. The van der Waals surface area contributed by atoms with Gasteiger partial charge in [-0.3, -0.25) is 14.8 Å². The number of aromatic nitrogens is 2. The van der Waals surface area contributed by atoms with E-state index in [0.29, 0.717) is 0 Å². The number of hydrogen-bond acceptors (Lipinski definition) is 4. The van der Waals surface area contributed by atoms with Gasteiger partial charge < -0.3 is 4.90 Å². The van der Waals surface area contributed by atoms with Gasteiger partial charge in [0, 0.05) is 44.3 Å². The molecular weight excluding hydrogens is 238 g/mol. The lowest BCUT2D eigenvalue weighted by Crippen LogP contribution is -2.11. The van der Waals surface area contributed by atoms with Crippen molar-refractivity contribution in [3.05, 3.63) is 54.6 Å². The van der Waals surface area contributed by atoms with Crippen LogP contribution in [-0.4, -0.2) is 35.2 Å². The summed E-state index contributed by atoms with van der Waals surface area (Å²) < 4.78 is 0. The molecule has 0 radical (unpaired) electrons. The fraction of sp³-hybridized carbons (Fsp3) is 0.133. The molecule has 4 nitrogen and oxygen atoms in total. The van der Waals surface area contributed by atoms with Gasteiger partial charge in [-0.15, -0.1) is 0 Å². The molecule has 2 aromatic heterocycles. The Kier molecular flexibility index (Phi) is 4.03. The average Bonchev–Trinajstić information content (AvgIpc) is 2.46. The van der Waals surface area contributed by atoms with Crippen LogP contribution < -0.4 is 0 Å². The summed E-state index contributed by atoms with van der Waals surface area (Å²) in [5.74, 6) is 0. The molecule has 0 N–H and O–H groups in total. The van der Waals surface area contributed by atoms with Crippen LogP contribution in [0.25, 0.3) is 16.8 Å². The molecule has 0 spiro atoms.